The highest BCUT2D eigenvalue weighted by atomic mass is 127. The largest absolute Gasteiger partial charge is 0.386 e. The Hall–Kier alpha value is -1.49. The third-order valence-corrected chi connectivity index (χ3v) is 7.39. The molecule has 1 aliphatic heterocycles. The monoisotopic (exact) mass is 568 g/mol. The predicted octanol–water partition coefficient (Wildman–Crippen LogP) is 4.47. The van der Waals surface area contributed by atoms with Crippen molar-refractivity contribution in [3.8, 4) is 0 Å². The van der Waals surface area contributed by atoms with Crippen LogP contribution in [0.1, 0.15) is 16.5 Å². The quantitative estimate of drug-likeness (QED) is 0.233. The van der Waals surface area contributed by atoms with Gasteiger partial charge in [0, 0.05) is 60.0 Å². The van der Waals surface area contributed by atoms with Crippen molar-refractivity contribution < 1.29 is 5.11 Å². The summed E-state index contributed by atoms with van der Waals surface area (Å²) in [5.41, 5.74) is 2.51. The lowest BCUT2D eigenvalue weighted by atomic mass is 10.2. The zero-order valence-electron chi connectivity index (χ0n) is 17.6. The number of thioether (sulfide) groups is 1. The fraction of sp³-hybridized carbons (Fsp3) is 0.348. The first-order valence-corrected chi connectivity index (χ1v) is 12.2. The van der Waals surface area contributed by atoms with E-state index in [9.17, 15) is 5.11 Å². The lowest BCUT2D eigenvalue weighted by Crippen LogP contribution is -2.38. The van der Waals surface area contributed by atoms with Crippen LogP contribution < -0.4 is 15.5 Å². The molecule has 0 saturated carbocycles. The van der Waals surface area contributed by atoms with E-state index in [0.717, 1.165) is 18.0 Å². The van der Waals surface area contributed by atoms with Gasteiger partial charge in [0.05, 0.1) is 0 Å². The van der Waals surface area contributed by atoms with E-state index in [-0.39, 0.29) is 24.0 Å². The molecule has 1 aromatic heterocycles. The van der Waals surface area contributed by atoms with Gasteiger partial charge in [0.15, 0.2) is 5.96 Å². The number of rotatable bonds is 6. The molecule has 3 N–H and O–H groups in total. The Balaban J connectivity index is 0.00000272. The number of hydrogen-bond acceptors (Lipinski definition) is 5. The molecule has 166 valence electrons. The average Bonchev–Trinajstić information content (AvgIpc) is 3.24. The summed E-state index contributed by atoms with van der Waals surface area (Å²) in [7, 11) is 1.75. The Morgan fingerprint density at radius 2 is 1.84 bits per heavy atom. The molecular formula is C23H29IN4OS2. The van der Waals surface area contributed by atoms with Crippen LogP contribution in [0.15, 0.2) is 59.6 Å². The lowest BCUT2D eigenvalue weighted by Gasteiger charge is -2.28. The maximum atomic E-state index is 10.6. The van der Waals surface area contributed by atoms with Gasteiger partial charge in [-0.15, -0.1) is 35.3 Å². The number of aliphatic hydroxyl groups is 1. The van der Waals surface area contributed by atoms with Gasteiger partial charge in [0.1, 0.15) is 6.10 Å². The van der Waals surface area contributed by atoms with Crippen LogP contribution in [0.5, 0.6) is 0 Å². The van der Waals surface area contributed by atoms with Crippen molar-refractivity contribution in [1.29, 1.82) is 0 Å². The minimum absolute atomic E-state index is 0. The number of anilines is 1. The van der Waals surface area contributed by atoms with Crippen LogP contribution in [0.25, 0.3) is 10.1 Å². The van der Waals surface area contributed by atoms with Crippen molar-refractivity contribution in [3.05, 3.63) is 65.0 Å². The number of thiophene rings is 1. The van der Waals surface area contributed by atoms with Crippen LogP contribution in [0, 0.1) is 0 Å². The molecular weight excluding hydrogens is 539 g/mol. The number of guanidine groups is 1. The average molecular weight is 569 g/mol. The molecule has 0 bridgehead atoms. The second-order valence-corrected chi connectivity index (χ2v) is 9.62. The van der Waals surface area contributed by atoms with Gasteiger partial charge in [-0.3, -0.25) is 4.99 Å². The van der Waals surface area contributed by atoms with E-state index in [1.165, 1.54) is 32.8 Å². The van der Waals surface area contributed by atoms with Gasteiger partial charge in [0.2, 0.25) is 0 Å². The fourth-order valence-corrected chi connectivity index (χ4v) is 5.47. The number of fused-ring (bicyclic) bond motifs is 1. The number of hydrogen-bond donors (Lipinski definition) is 3. The number of aliphatic hydroxyl groups excluding tert-OH is 1. The first kappa shape index (κ1) is 24.2. The van der Waals surface area contributed by atoms with Gasteiger partial charge in [-0.2, -0.15) is 11.8 Å². The molecule has 3 aromatic rings. The van der Waals surface area contributed by atoms with Crippen LogP contribution in [0.3, 0.4) is 0 Å². The third kappa shape index (κ3) is 6.50. The zero-order valence-corrected chi connectivity index (χ0v) is 21.5. The van der Waals surface area contributed by atoms with Crippen LogP contribution in [0.2, 0.25) is 0 Å². The van der Waals surface area contributed by atoms with Crippen LogP contribution in [-0.2, 0) is 6.54 Å². The highest BCUT2D eigenvalue weighted by Crippen LogP contribution is 2.29. The number of aliphatic imine (C=N–C) groups is 1. The molecule has 8 heteroatoms. The van der Waals surface area contributed by atoms with E-state index in [4.69, 9.17) is 0 Å². The lowest BCUT2D eigenvalue weighted by molar-refractivity contribution is 0.184. The molecule has 0 radical (unpaired) electrons. The molecule has 1 saturated heterocycles. The Kier molecular flexibility index (Phi) is 9.30. The predicted molar refractivity (Wildman–Crippen MR) is 146 cm³/mol. The molecule has 1 unspecified atom stereocenters. The fourth-order valence-electron chi connectivity index (χ4n) is 3.51. The summed E-state index contributed by atoms with van der Waals surface area (Å²) in [6, 6.07) is 19.0. The normalized spacial score (nSPS) is 15.4. The van der Waals surface area contributed by atoms with E-state index in [2.05, 4.69) is 63.0 Å². The van der Waals surface area contributed by atoms with Crippen LogP contribution >= 0.6 is 47.1 Å². The van der Waals surface area contributed by atoms with Crippen LogP contribution in [0.4, 0.5) is 5.69 Å². The summed E-state index contributed by atoms with van der Waals surface area (Å²) in [5.74, 6) is 3.10. The third-order valence-electron chi connectivity index (χ3n) is 5.23. The Bertz CT molecular complexity index is 954. The highest BCUT2D eigenvalue weighted by Gasteiger charge is 2.13. The van der Waals surface area contributed by atoms with Gasteiger partial charge in [0.25, 0.3) is 0 Å². The van der Waals surface area contributed by atoms with Crippen molar-refractivity contribution in [2.45, 2.75) is 12.6 Å². The maximum absolute atomic E-state index is 10.6. The van der Waals surface area contributed by atoms with E-state index >= 15 is 0 Å². The van der Waals surface area contributed by atoms with E-state index in [0.29, 0.717) is 19.0 Å². The van der Waals surface area contributed by atoms with Gasteiger partial charge in [-0.25, -0.2) is 0 Å². The summed E-state index contributed by atoms with van der Waals surface area (Å²) in [6.45, 7) is 3.36. The minimum Gasteiger partial charge on any atom is -0.386 e. The summed E-state index contributed by atoms with van der Waals surface area (Å²) < 4.78 is 1.20. The van der Waals surface area contributed by atoms with Crippen molar-refractivity contribution in [2.24, 2.45) is 4.99 Å². The number of nitrogens with zero attached hydrogens (tertiary/aromatic N) is 2. The Morgan fingerprint density at radius 1 is 1.10 bits per heavy atom. The second kappa shape index (κ2) is 11.9. The summed E-state index contributed by atoms with van der Waals surface area (Å²) in [4.78, 5) is 7.69. The van der Waals surface area contributed by atoms with Gasteiger partial charge >= 0.3 is 0 Å². The molecule has 0 aliphatic carbocycles. The van der Waals surface area contributed by atoms with Crippen molar-refractivity contribution >= 4 is 68.8 Å². The van der Waals surface area contributed by atoms with E-state index in [1.54, 1.807) is 18.4 Å². The minimum atomic E-state index is -0.567. The smallest absolute Gasteiger partial charge is 0.191 e. The van der Waals surface area contributed by atoms with Crippen molar-refractivity contribution in [1.82, 2.24) is 10.6 Å². The maximum Gasteiger partial charge on any atom is 0.191 e. The molecule has 2 heterocycles. The van der Waals surface area contributed by atoms with Crippen molar-refractivity contribution in [3.63, 3.8) is 0 Å². The number of benzene rings is 2. The van der Waals surface area contributed by atoms with Crippen LogP contribution in [-0.4, -0.2) is 49.3 Å². The molecule has 31 heavy (non-hydrogen) atoms. The SMILES string of the molecule is CN=C(NCc1ccc(N2CCSCC2)cc1)NCC(O)c1cc2ccccc2s1.I. The van der Waals surface area contributed by atoms with Crippen molar-refractivity contribution in [2.75, 3.05) is 43.1 Å². The van der Waals surface area contributed by atoms with Gasteiger partial charge in [-0.05, 0) is 35.2 Å². The number of halogens is 1. The molecule has 2 aromatic carbocycles. The molecule has 1 fully saturated rings. The number of nitrogens with one attached hydrogen (secondary N) is 2. The Labute approximate surface area is 209 Å². The standard InChI is InChI=1S/C23H28N4OS2.HI/c1-24-23(26-16-20(28)22-14-18-4-2-3-5-21(18)30-22)25-15-17-6-8-19(9-7-17)27-10-12-29-13-11-27;/h2-9,14,20,28H,10-13,15-16H2,1H3,(H2,24,25,26);1H. The van der Waals surface area contributed by atoms with E-state index < -0.39 is 6.10 Å². The summed E-state index contributed by atoms with van der Waals surface area (Å²) >= 11 is 3.66. The summed E-state index contributed by atoms with van der Waals surface area (Å²) in [6.07, 6.45) is -0.567. The molecule has 1 atom stereocenters. The Morgan fingerprint density at radius 3 is 2.55 bits per heavy atom. The molecule has 1 aliphatic rings. The highest BCUT2D eigenvalue weighted by molar-refractivity contribution is 14.0. The zero-order chi connectivity index (χ0) is 20.8. The van der Waals surface area contributed by atoms with E-state index in [1.807, 2.05) is 23.9 Å². The topological polar surface area (TPSA) is 59.9 Å². The first-order valence-electron chi connectivity index (χ1n) is 10.3. The first-order chi connectivity index (χ1) is 14.7. The second-order valence-electron chi connectivity index (χ2n) is 7.27. The van der Waals surface area contributed by atoms with Gasteiger partial charge < -0.3 is 20.6 Å². The summed E-state index contributed by atoms with van der Waals surface area (Å²) in [5, 5.41) is 18.3. The molecule has 0 spiro atoms. The molecule has 0 amide bonds. The molecule has 4 rings (SSSR count). The molecule has 5 nitrogen and oxygen atoms in total. The van der Waals surface area contributed by atoms with Gasteiger partial charge in [-0.1, -0.05) is 30.3 Å².